The van der Waals surface area contributed by atoms with Gasteiger partial charge in [-0.1, -0.05) is 0 Å². The van der Waals surface area contributed by atoms with Crippen LogP contribution in [0, 0.1) is 10.1 Å². The summed E-state index contributed by atoms with van der Waals surface area (Å²) in [5.74, 6) is -0.0766. The van der Waals surface area contributed by atoms with Gasteiger partial charge in [-0.05, 0) is 50.8 Å². The van der Waals surface area contributed by atoms with Crippen molar-refractivity contribution in [2.75, 3.05) is 18.4 Å². The molecule has 1 aromatic carbocycles. The zero-order valence-corrected chi connectivity index (χ0v) is 13.5. The van der Waals surface area contributed by atoms with Crippen molar-refractivity contribution in [3.63, 3.8) is 0 Å². The van der Waals surface area contributed by atoms with Gasteiger partial charge in [0.2, 0.25) is 0 Å². The molecular formula is C17H22N4O3. The van der Waals surface area contributed by atoms with E-state index in [-0.39, 0.29) is 23.7 Å². The van der Waals surface area contributed by atoms with Crippen LogP contribution in [0.25, 0.3) is 0 Å². The van der Waals surface area contributed by atoms with Gasteiger partial charge < -0.3 is 15.5 Å². The summed E-state index contributed by atoms with van der Waals surface area (Å²) >= 11 is 0. The van der Waals surface area contributed by atoms with E-state index < -0.39 is 4.92 Å². The van der Waals surface area contributed by atoms with Gasteiger partial charge in [-0.3, -0.25) is 14.9 Å². The Labute approximate surface area is 140 Å². The minimum Gasteiger partial charge on any atom is -0.377 e. The summed E-state index contributed by atoms with van der Waals surface area (Å²) in [4.78, 5) is 25.9. The first-order valence-corrected chi connectivity index (χ1v) is 8.72. The van der Waals surface area contributed by atoms with Gasteiger partial charge in [0.15, 0.2) is 0 Å². The van der Waals surface area contributed by atoms with Crippen LogP contribution in [0.1, 0.15) is 42.5 Å². The third kappa shape index (κ3) is 2.84. The molecule has 0 aromatic heterocycles. The van der Waals surface area contributed by atoms with Crippen molar-refractivity contribution in [1.82, 2.24) is 10.2 Å². The molecule has 3 fully saturated rings. The van der Waals surface area contributed by atoms with Gasteiger partial charge in [0, 0.05) is 36.3 Å². The van der Waals surface area contributed by atoms with E-state index in [4.69, 9.17) is 0 Å². The van der Waals surface area contributed by atoms with E-state index in [1.807, 2.05) is 4.90 Å². The van der Waals surface area contributed by atoms with E-state index in [0.717, 1.165) is 45.2 Å². The summed E-state index contributed by atoms with van der Waals surface area (Å²) in [6.45, 7) is 1.74. The van der Waals surface area contributed by atoms with Crippen LogP contribution < -0.4 is 10.6 Å². The molecule has 0 radical (unpaired) electrons. The molecule has 0 spiro atoms. The monoisotopic (exact) mass is 330 g/mol. The number of fused-ring (bicyclic) bond motifs is 2. The highest BCUT2D eigenvalue weighted by Crippen LogP contribution is 2.34. The number of hydrogen-bond acceptors (Lipinski definition) is 5. The van der Waals surface area contributed by atoms with E-state index in [1.165, 1.54) is 6.07 Å². The minimum atomic E-state index is -0.403. The topological polar surface area (TPSA) is 87.5 Å². The lowest BCUT2D eigenvalue weighted by Gasteiger charge is -2.28. The van der Waals surface area contributed by atoms with Crippen molar-refractivity contribution in [2.24, 2.45) is 0 Å². The second-order valence-electron chi connectivity index (χ2n) is 7.00. The van der Waals surface area contributed by atoms with Crippen molar-refractivity contribution in [3.8, 4) is 0 Å². The second kappa shape index (κ2) is 6.05. The van der Waals surface area contributed by atoms with Crippen molar-refractivity contribution in [2.45, 2.75) is 50.2 Å². The van der Waals surface area contributed by atoms with Gasteiger partial charge >= 0.3 is 0 Å². The fourth-order valence-electron chi connectivity index (χ4n) is 3.85. The SMILES string of the molecule is O=C(c1ccc(NC2CC2)c([N+](=O)[O-])c1)N1C2CCNCC1CC2. The van der Waals surface area contributed by atoms with Gasteiger partial charge in [0.1, 0.15) is 5.69 Å². The van der Waals surface area contributed by atoms with Gasteiger partial charge in [-0.15, -0.1) is 0 Å². The fourth-order valence-corrected chi connectivity index (χ4v) is 3.85. The first-order chi connectivity index (χ1) is 11.6. The van der Waals surface area contributed by atoms with Crippen molar-refractivity contribution in [1.29, 1.82) is 0 Å². The van der Waals surface area contributed by atoms with Crippen LogP contribution in [0.5, 0.6) is 0 Å². The van der Waals surface area contributed by atoms with Crippen molar-refractivity contribution < 1.29 is 9.72 Å². The summed E-state index contributed by atoms with van der Waals surface area (Å²) in [6, 6.07) is 5.62. The lowest BCUT2D eigenvalue weighted by Crippen LogP contribution is -2.42. The largest absolute Gasteiger partial charge is 0.377 e. The van der Waals surface area contributed by atoms with E-state index >= 15 is 0 Å². The number of amides is 1. The Hall–Kier alpha value is -2.15. The van der Waals surface area contributed by atoms with E-state index in [0.29, 0.717) is 17.3 Å². The van der Waals surface area contributed by atoms with Gasteiger partial charge in [0.05, 0.1) is 4.92 Å². The number of nitrogens with zero attached hydrogens (tertiary/aromatic N) is 2. The third-order valence-electron chi connectivity index (χ3n) is 5.27. The zero-order valence-electron chi connectivity index (χ0n) is 13.5. The second-order valence-corrected chi connectivity index (χ2v) is 7.00. The molecule has 24 heavy (non-hydrogen) atoms. The number of nitro groups is 1. The van der Waals surface area contributed by atoms with Gasteiger partial charge in [0.25, 0.3) is 11.6 Å². The van der Waals surface area contributed by atoms with Gasteiger partial charge in [-0.25, -0.2) is 0 Å². The van der Waals surface area contributed by atoms with Crippen LogP contribution in [-0.2, 0) is 0 Å². The molecule has 1 saturated carbocycles. The normalized spacial score (nSPS) is 26.1. The molecule has 2 aliphatic heterocycles. The number of rotatable bonds is 4. The lowest BCUT2D eigenvalue weighted by molar-refractivity contribution is -0.384. The molecule has 1 aromatic rings. The van der Waals surface area contributed by atoms with Crippen LogP contribution in [0.4, 0.5) is 11.4 Å². The molecule has 1 aliphatic carbocycles. The average Bonchev–Trinajstić information content (AvgIpc) is 3.30. The van der Waals surface area contributed by atoms with Crippen LogP contribution >= 0.6 is 0 Å². The number of hydrogen-bond donors (Lipinski definition) is 2. The maximum atomic E-state index is 13.0. The standard InChI is InChI=1S/C17H22N4O3/c22-17(20-13-4-5-14(20)10-18-8-7-13)11-1-6-15(19-12-2-3-12)16(9-11)21(23)24/h1,6,9,12-14,18-19H,2-5,7-8,10H2. The summed E-state index contributed by atoms with van der Waals surface area (Å²) in [7, 11) is 0. The highest BCUT2D eigenvalue weighted by molar-refractivity contribution is 5.96. The molecule has 7 nitrogen and oxygen atoms in total. The number of carbonyl (C=O) groups is 1. The maximum Gasteiger partial charge on any atom is 0.293 e. The lowest BCUT2D eigenvalue weighted by atomic mass is 10.1. The third-order valence-corrected chi connectivity index (χ3v) is 5.27. The predicted octanol–water partition coefficient (Wildman–Crippen LogP) is 2.14. The predicted molar refractivity (Wildman–Crippen MR) is 90.2 cm³/mol. The molecule has 2 saturated heterocycles. The molecule has 4 rings (SSSR count). The smallest absolute Gasteiger partial charge is 0.293 e. The first-order valence-electron chi connectivity index (χ1n) is 8.72. The van der Waals surface area contributed by atoms with Crippen LogP contribution in [0.15, 0.2) is 18.2 Å². The Morgan fingerprint density at radius 1 is 1.21 bits per heavy atom. The Kier molecular flexibility index (Phi) is 3.88. The van der Waals surface area contributed by atoms with Crippen molar-refractivity contribution in [3.05, 3.63) is 33.9 Å². The Balaban J connectivity index is 1.62. The molecule has 2 N–H and O–H groups in total. The number of nitro benzene ring substituents is 1. The Morgan fingerprint density at radius 2 is 2.00 bits per heavy atom. The Bertz CT molecular complexity index is 660. The number of benzene rings is 1. The van der Waals surface area contributed by atoms with E-state index in [1.54, 1.807) is 12.1 Å². The summed E-state index contributed by atoms with van der Waals surface area (Å²) < 4.78 is 0. The fraction of sp³-hybridized carbons (Fsp3) is 0.588. The van der Waals surface area contributed by atoms with E-state index in [2.05, 4.69) is 10.6 Å². The van der Waals surface area contributed by atoms with E-state index in [9.17, 15) is 14.9 Å². The Morgan fingerprint density at radius 3 is 2.75 bits per heavy atom. The first kappa shape index (κ1) is 15.4. The number of anilines is 1. The van der Waals surface area contributed by atoms with Crippen molar-refractivity contribution >= 4 is 17.3 Å². The highest BCUT2D eigenvalue weighted by atomic mass is 16.6. The molecule has 1 amide bonds. The molecule has 3 aliphatic rings. The summed E-state index contributed by atoms with van der Waals surface area (Å²) in [5, 5.41) is 17.9. The summed E-state index contributed by atoms with van der Waals surface area (Å²) in [5.41, 5.74) is 0.925. The van der Waals surface area contributed by atoms with Crippen LogP contribution in [0.3, 0.4) is 0 Å². The average molecular weight is 330 g/mol. The number of carbonyl (C=O) groups excluding carboxylic acids is 1. The molecule has 2 bridgehead atoms. The number of nitrogens with one attached hydrogen (secondary N) is 2. The zero-order chi connectivity index (χ0) is 16.7. The minimum absolute atomic E-state index is 0.00644. The van der Waals surface area contributed by atoms with Gasteiger partial charge in [-0.2, -0.15) is 0 Å². The maximum absolute atomic E-state index is 13.0. The van der Waals surface area contributed by atoms with Crippen LogP contribution in [-0.4, -0.2) is 46.9 Å². The summed E-state index contributed by atoms with van der Waals surface area (Å²) in [6.07, 6.45) is 5.07. The van der Waals surface area contributed by atoms with Crippen LogP contribution in [0.2, 0.25) is 0 Å². The molecule has 128 valence electrons. The quantitative estimate of drug-likeness (QED) is 0.652. The molecular weight excluding hydrogens is 308 g/mol. The highest BCUT2D eigenvalue weighted by Gasteiger charge is 2.38. The molecule has 7 heteroatoms. The molecule has 2 atom stereocenters. The molecule has 2 unspecified atom stereocenters. The molecule has 2 heterocycles.